The van der Waals surface area contributed by atoms with Crippen molar-refractivity contribution in [1.82, 2.24) is 9.88 Å². The summed E-state index contributed by atoms with van der Waals surface area (Å²) in [6.45, 7) is 8.51. The van der Waals surface area contributed by atoms with E-state index in [0.29, 0.717) is 5.13 Å². The van der Waals surface area contributed by atoms with Gasteiger partial charge >= 0.3 is 0 Å². The molecule has 1 saturated heterocycles. The number of amides is 1. The first-order valence-corrected chi connectivity index (χ1v) is 9.22. The van der Waals surface area contributed by atoms with Gasteiger partial charge < -0.3 is 9.84 Å². The molecule has 1 amide bonds. The number of morpholine rings is 1. The Bertz CT molecular complexity index is 752. The Morgan fingerprint density at radius 1 is 1.40 bits per heavy atom. The number of ether oxygens (including phenoxy) is 1. The van der Waals surface area contributed by atoms with Crippen LogP contribution in [-0.2, 0) is 11.3 Å². The van der Waals surface area contributed by atoms with E-state index in [-0.39, 0.29) is 29.4 Å². The van der Waals surface area contributed by atoms with Crippen molar-refractivity contribution in [2.75, 3.05) is 18.4 Å². The number of carbonyl (C=O) groups excluding carboxylic acids is 1. The number of thiazole rings is 1. The van der Waals surface area contributed by atoms with Crippen LogP contribution in [0.25, 0.3) is 0 Å². The van der Waals surface area contributed by atoms with Gasteiger partial charge in [0, 0.05) is 25.0 Å². The van der Waals surface area contributed by atoms with E-state index in [1.165, 1.54) is 17.4 Å². The zero-order chi connectivity index (χ0) is 18.0. The monoisotopic (exact) mass is 361 g/mol. The van der Waals surface area contributed by atoms with Crippen LogP contribution in [0.3, 0.4) is 0 Å². The van der Waals surface area contributed by atoms with Gasteiger partial charge in [-0.1, -0.05) is 11.6 Å². The fraction of sp³-hybridized carbons (Fsp3) is 0.444. The second kappa shape index (κ2) is 7.51. The molecule has 7 heteroatoms. The van der Waals surface area contributed by atoms with Crippen LogP contribution >= 0.6 is 11.3 Å². The lowest BCUT2D eigenvalue weighted by atomic mass is 10.1. The number of hydrogen-bond donors (Lipinski definition) is 2. The summed E-state index contributed by atoms with van der Waals surface area (Å²) in [5.41, 5.74) is 2.10. The minimum absolute atomic E-state index is 0.0313. The molecule has 3 rings (SSSR count). The zero-order valence-electron chi connectivity index (χ0n) is 14.7. The fourth-order valence-electron chi connectivity index (χ4n) is 3.08. The summed E-state index contributed by atoms with van der Waals surface area (Å²) in [6.07, 6.45) is 0.428. The van der Waals surface area contributed by atoms with Crippen molar-refractivity contribution in [3.63, 3.8) is 0 Å². The number of aromatic nitrogens is 1. The van der Waals surface area contributed by atoms with Crippen molar-refractivity contribution in [3.8, 4) is 5.75 Å². The van der Waals surface area contributed by atoms with Crippen LogP contribution in [0.4, 0.5) is 5.13 Å². The summed E-state index contributed by atoms with van der Waals surface area (Å²) in [6, 6.07) is 4.95. The van der Waals surface area contributed by atoms with Crippen molar-refractivity contribution in [1.29, 1.82) is 0 Å². The molecule has 2 aromatic rings. The molecule has 25 heavy (non-hydrogen) atoms. The number of hydrogen-bond acceptors (Lipinski definition) is 6. The standard InChI is InChI=1S/C18H23N3O3S/c1-11-4-5-16(22)15(6-11)17(23)20-18-19-14(10-25-18)9-21-7-12(2)24-13(3)8-21/h4-6,10,12-13,22H,7-9H2,1-3H3,(H,19,20,23). The van der Waals surface area contributed by atoms with Gasteiger partial charge in [-0.05, 0) is 32.9 Å². The van der Waals surface area contributed by atoms with Crippen molar-refractivity contribution < 1.29 is 14.6 Å². The van der Waals surface area contributed by atoms with E-state index in [4.69, 9.17) is 4.74 Å². The maximum absolute atomic E-state index is 12.3. The molecule has 2 heterocycles. The van der Waals surface area contributed by atoms with Gasteiger partial charge in [0.2, 0.25) is 0 Å². The molecular weight excluding hydrogens is 338 g/mol. The van der Waals surface area contributed by atoms with Gasteiger partial charge in [0.25, 0.3) is 5.91 Å². The maximum Gasteiger partial charge on any atom is 0.261 e. The molecule has 134 valence electrons. The summed E-state index contributed by atoms with van der Waals surface area (Å²) < 4.78 is 5.74. The Hall–Kier alpha value is -1.96. The van der Waals surface area contributed by atoms with Gasteiger partial charge in [0.05, 0.1) is 23.5 Å². The van der Waals surface area contributed by atoms with E-state index in [1.807, 2.05) is 12.3 Å². The van der Waals surface area contributed by atoms with Gasteiger partial charge in [-0.15, -0.1) is 11.3 Å². The summed E-state index contributed by atoms with van der Waals surface area (Å²) >= 11 is 1.39. The summed E-state index contributed by atoms with van der Waals surface area (Å²) in [7, 11) is 0. The number of phenolic OH excluding ortho intramolecular Hbond substituents is 1. The first-order chi connectivity index (χ1) is 11.9. The van der Waals surface area contributed by atoms with Crippen LogP contribution < -0.4 is 5.32 Å². The highest BCUT2D eigenvalue weighted by atomic mass is 32.1. The summed E-state index contributed by atoms with van der Waals surface area (Å²) in [5, 5.41) is 15.1. The Morgan fingerprint density at radius 2 is 2.12 bits per heavy atom. The maximum atomic E-state index is 12.3. The quantitative estimate of drug-likeness (QED) is 0.876. The highest BCUT2D eigenvalue weighted by Gasteiger charge is 2.23. The fourth-order valence-corrected chi connectivity index (χ4v) is 3.77. The van der Waals surface area contributed by atoms with E-state index in [0.717, 1.165) is 30.9 Å². The van der Waals surface area contributed by atoms with E-state index in [9.17, 15) is 9.90 Å². The van der Waals surface area contributed by atoms with Crippen LogP contribution in [0.2, 0.25) is 0 Å². The van der Waals surface area contributed by atoms with Gasteiger partial charge in [-0.2, -0.15) is 0 Å². The summed E-state index contributed by atoms with van der Waals surface area (Å²) in [5.74, 6) is -0.383. The Balaban J connectivity index is 1.63. The van der Waals surface area contributed by atoms with Gasteiger partial charge in [0.1, 0.15) is 5.75 Å². The molecule has 1 aliphatic rings. The number of nitrogens with one attached hydrogen (secondary N) is 1. The molecular formula is C18H23N3O3S. The van der Waals surface area contributed by atoms with Crippen molar-refractivity contribution in [3.05, 3.63) is 40.4 Å². The Morgan fingerprint density at radius 3 is 2.84 bits per heavy atom. The van der Waals surface area contributed by atoms with Crippen molar-refractivity contribution in [2.45, 2.75) is 39.5 Å². The van der Waals surface area contributed by atoms with E-state index in [2.05, 4.69) is 29.0 Å². The molecule has 6 nitrogen and oxygen atoms in total. The number of aryl methyl sites for hydroxylation is 1. The smallest absolute Gasteiger partial charge is 0.261 e. The average molecular weight is 361 g/mol. The van der Waals surface area contributed by atoms with Gasteiger partial charge in [-0.3, -0.25) is 15.0 Å². The third kappa shape index (κ3) is 4.56. The van der Waals surface area contributed by atoms with Crippen LogP contribution in [0.5, 0.6) is 5.75 Å². The van der Waals surface area contributed by atoms with E-state index < -0.39 is 0 Å². The predicted molar refractivity (Wildman–Crippen MR) is 98.2 cm³/mol. The largest absolute Gasteiger partial charge is 0.507 e. The number of anilines is 1. The van der Waals surface area contributed by atoms with Gasteiger partial charge in [0.15, 0.2) is 5.13 Å². The predicted octanol–water partition coefficient (Wildman–Crippen LogP) is 3.02. The summed E-state index contributed by atoms with van der Waals surface area (Å²) in [4.78, 5) is 19.1. The second-order valence-electron chi connectivity index (χ2n) is 6.57. The molecule has 0 bridgehead atoms. The lowest BCUT2D eigenvalue weighted by Crippen LogP contribution is -2.44. The van der Waals surface area contributed by atoms with Crippen molar-refractivity contribution >= 4 is 22.4 Å². The second-order valence-corrected chi connectivity index (χ2v) is 7.43. The third-order valence-corrected chi connectivity index (χ3v) is 4.86. The van der Waals surface area contributed by atoms with E-state index >= 15 is 0 Å². The average Bonchev–Trinajstić information content (AvgIpc) is 2.95. The molecule has 0 radical (unpaired) electrons. The lowest BCUT2D eigenvalue weighted by molar-refractivity contribution is -0.0707. The first-order valence-electron chi connectivity index (χ1n) is 8.34. The zero-order valence-corrected chi connectivity index (χ0v) is 15.5. The Labute approximate surface area is 151 Å². The molecule has 1 fully saturated rings. The highest BCUT2D eigenvalue weighted by molar-refractivity contribution is 7.14. The third-order valence-electron chi connectivity index (χ3n) is 4.05. The van der Waals surface area contributed by atoms with Gasteiger partial charge in [-0.25, -0.2) is 4.98 Å². The SMILES string of the molecule is Cc1ccc(O)c(C(=O)Nc2nc(CN3CC(C)OC(C)C3)cs2)c1. The van der Waals surface area contributed by atoms with Crippen LogP contribution in [0.1, 0.15) is 35.5 Å². The molecule has 0 aliphatic carbocycles. The van der Waals surface area contributed by atoms with E-state index in [1.54, 1.807) is 12.1 Å². The molecule has 1 aliphatic heterocycles. The molecule has 1 aromatic carbocycles. The molecule has 2 unspecified atom stereocenters. The minimum Gasteiger partial charge on any atom is -0.507 e. The molecule has 0 saturated carbocycles. The molecule has 0 spiro atoms. The first kappa shape index (κ1) is 17.8. The number of aromatic hydroxyl groups is 1. The van der Waals surface area contributed by atoms with Crippen molar-refractivity contribution in [2.24, 2.45) is 0 Å². The number of rotatable bonds is 4. The van der Waals surface area contributed by atoms with Crippen LogP contribution in [0.15, 0.2) is 23.6 Å². The normalized spacial score (nSPS) is 21.2. The molecule has 2 N–H and O–H groups in total. The highest BCUT2D eigenvalue weighted by Crippen LogP contribution is 2.23. The topological polar surface area (TPSA) is 74.7 Å². The number of carbonyl (C=O) groups is 1. The van der Waals surface area contributed by atoms with Crippen LogP contribution in [0, 0.1) is 6.92 Å². The number of benzene rings is 1. The lowest BCUT2D eigenvalue weighted by Gasteiger charge is -2.34. The minimum atomic E-state index is -0.351. The Kier molecular flexibility index (Phi) is 5.36. The molecule has 1 aromatic heterocycles. The number of nitrogens with zero attached hydrogens (tertiary/aromatic N) is 2. The van der Waals surface area contributed by atoms with Crippen LogP contribution in [-0.4, -0.2) is 46.2 Å². The molecule has 2 atom stereocenters. The number of phenols is 1.